The number of carbonyl (C=O) groups is 1. The van der Waals surface area contributed by atoms with Crippen molar-refractivity contribution in [3.05, 3.63) is 58.1 Å². The molecule has 9 heteroatoms. The number of rotatable bonds is 6. The first-order chi connectivity index (χ1) is 12.2. The molecule has 0 bridgehead atoms. The summed E-state index contributed by atoms with van der Waals surface area (Å²) in [6.07, 6.45) is -1.40. The lowest BCUT2D eigenvalue weighted by Crippen LogP contribution is -2.23. The van der Waals surface area contributed by atoms with Gasteiger partial charge in [-0.2, -0.15) is 18.3 Å². The number of nitrogens with zero attached hydrogens (tertiary/aromatic N) is 2. The Morgan fingerprint density at radius 3 is 2.54 bits per heavy atom. The highest BCUT2D eigenvalue weighted by Gasteiger charge is 2.38. The second-order valence-electron chi connectivity index (χ2n) is 5.50. The Hall–Kier alpha value is -2.35. The minimum atomic E-state index is -4.60. The van der Waals surface area contributed by atoms with Crippen LogP contribution in [0.4, 0.5) is 17.6 Å². The number of carbonyl (C=O) groups excluding carboxylic acids is 1. The van der Waals surface area contributed by atoms with Gasteiger partial charge in [-0.25, -0.2) is 4.39 Å². The fourth-order valence-electron chi connectivity index (χ4n) is 2.17. The third-order valence-corrected chi connectivity index (χ3v) is 4.00. The van der Waals surface area contributed by atoms with Crippen molar-refractivity contribution < 1.29 is 22.4 Å². The SMILES string of the molecule is Cc1c(Cl)c(C(F)(F)F)nn1CCCNC(=O)/C=C/c1ccc(F)cc1. The Morgan fingerprint density at radius 2 is 1.96 bits per heavy atom. The summed E-state index contributed by atoms with van der Waals surface area (Å²) in [5.41, 5.74) is -0.215. The van der Waals surface area contributed by atoms with E-state index in [0.717, 1.165) is 0 Å². The number of nitrogens with one attached hydrogen (secondary N) is 1. The lowest BCUT2D eigenvalue weighted by molar-refractivity contribution is -0.141. The number of amides is 1. The molecule has 26 heavy (non-hydrogen) atoms. The summed E-state index contributed by atoms with van der Waals surface area (Å²) in [6.45, 7) is 1.89. The average Bonchev–Trinajstić information content (AvgIpc) is 2.86. The number of hydrogen-bond donors (Lipinski definition) is 1. The summed E-state index contributed by atoms with van der Waals surface area (Å²) in [4.78, 5) is 11.7. The van der Waals surface area contributed by atoms with Crippen LogP contribution in [0.15, 0.2) is 30.3 Å². The fourth-order valence-corrected chi connectivity index (χ4v) is 2.41. The first-order valence-corrected chi connectivity index (χ1v) is 8.08. The van der Waals surface area contributed by atoms with Crippen molar-refractivity contribution in [3.8, 4) is 0 Å². The van der Waals surface area contributed by atoms with Gasteiger partial charge in [-0.1, -0.05) is 23.7 Å². The Kier molecular flexibility index (Phi) is 6.42. The first-order valence-electron chi connectivity index (χ1n) is 7.70. The van der Waals surface area contributed by atoms with Crippen molar-refractivity contribution in [2.45, 2.75) is 26.1 Å². The van der Waals surface area contributed by atoms with Gasteiger partial charge >= 0.3 is 6.18 Å². The fraction of sp³-hybridized carbons (Fsp3) is 0.294. The minimum absolute atomic E-state index is 0.184. The maximum Gasteiger partial charge on any atom is 0.436 e. The van der Waals surface area contributed by atoms with Gasteiger partial charge in [0.1, 0.15) is 5.82 Å². The van der Waals surface area contributed by atoms with Crippen LogP contribution in [0.3, 0.4) is 0 Å². The van der Waals surface area contributed by atoms with E-state index < -0.39 is 16.9 Å². The zero-order valence-electron chi connectivity index (χ0n) is 13.8. The highest BCUT2D eigenvalue weighted by atomic mass is 35.5. The number of benzene rings is 1. The molecule has 1 aromatic heterocycles. The smallest absolute Gasteiger partial charge is 0.352 e. The molecule has 0 unspecified atom stereocenters. The molecule has 0 aliphatic rings. The molecular formula is C17H16ClF4N3O. The molecule has 0 atom stereocenters. The molecular weight excluding hydrogens is 374 g/mol. The van der Waals surface area contributed by atoms with Crippen LogP contribution in [0.5, 0.6) is 0 Å². The first kappa shape index (κ1) is 20.0. The van der Waals surface area contributed by atoms with Crippen LogP contribution in [0.1, 0.15) is 23.4 Å². The van der Waals surface area contributed by atoms with E-state index in [1.54, 1.807) is 0 Å². The molecule has 140 valence electrons. The maximum atomic E-state index is 12.8. The second-order valence-corrected chi connectivity index (χ2v) is 5.88. The lowest BCUT2D eigenvalue weighted by atomic mass is 10.2. The minimum Gasteiger partial charge on any atom is -0.352 e. The summed E-state index contributed by atoms with van der Waals surface area (Å²) in [7, 11) is 0. The molecule has 0 saturated carbocycles. The molecule has 0 aliphatic heterocycles. The third-order valence-electron chi connectivity index (χ3n) is 3.55. The maximum absolute atomic E-state index is 12.8. The second kappa shape index (κ2) is 8.35. The molecule has 1 aromatic carbocycles. The summed E-state index contributed by atoms with van der Waals surface area (Å²) in [5, 5.41) is 5.68. The Labute approximate surface area is 152 Å². The van der Waals surface area contributed by atoms with E-state index in [-0.39, 0.29) is 30.5 Å². The van der Waals surface area contributed by atoms with Crippen molar-refractivity contribution >= 4 is 23.6 Å². The summed E-state index contributed by atoms with van der Waals surface area (Å²) in [5.74, 6) is -0.727. The molecule has 0 fully saturated rings. The molecule has 1 N–H and O–H groups in total. The van der Waals surface area contributed by atoms with Crippen LogP contribution in [-0.4, -0.2) is 22.2 Å². The molecule has 2 rings (SSSR count). The standard InChI is InChI=1S/C17H16ClF4N3O/c1-11-15(18)16(17(20,21)22)24-25(11)10-2-9-23-14(26)8-5-12-3-6-13(19)7-4-12/h3-8H,2,9-10H2,1H3,(H,23,26)/b8-5+. The molecule has 0 spiro atoms. The van der Waals surface area contributed by atoms with E-state index >= 15 is 0 Å². The van der Waals surface area contributed by atoms with Crippen molar-refractivity contribution in [1.82, 2.24) is 15.1 Å². The number of aromatic nitrogens is 2. The highest BCUT2D eigenvalue weighted by Crippen LogP contribution is 2.35. The number of aryl methyl sites for hydroxylation is 1. The van der Waals surface area contributed by atoms with Gasteiger partial charge < -0.3 is 5.32 Å². The predicted molar refractivity (Wildman–Crippen MR) is 90.0 cm³/mol. The van der Waals surface area contributed by atoms with E-state index in [2.05, 4.69) is 10.4 Å². The quantitative estimate of drug-likeness (QED) is 0.457. The summed E-state index contributed by atoms with van der Waals surface area (Å²) < 4.78 is 52.2. The number of halogens is 5. The van der Waals surface area contributed by atoms with Gasteiger partial charge in [0, 0.05) is 19.2 Å². The van der Waals surface area contributed by atoms with Gasteiger partial charge in [0.2, 0.25) is 5.91 Å². The molecule has 1 heterocycles. The van der Waals surface area contributed by atoms with Crippen LogP contribution in [0.25, 0.3) is 6.08 Å². The monoisotopic (exact) mass is 389 g/mol. The van der Waals surface area contributed by atoms with Crippen LogP contribution in [0, 0.1) is 12.7 Å². The Balaban J connectivity index is 1.81. The van der Waals surface area contributed by atoms with Crippen molar-refractivity contribution in [1.29, 1.82) is 0 Å². The summed E-state index contributed by atoms with van der Waals surface area (Å²) >= 11 is 5.67. The third kappa shape index (κ3) is 5.32. The highest BCUT2D eigenvalue weighted by molar-refractivity contribution is 6.31. The lowest BCUT2D eigenvalue weighted by Gasteiger charge is -2.05. The molecule has 0 aliphatic carbocycles. The average molecular weight is 390 g/mol. The zero-order valence-corrected chi connectivity index (χ0v) is 14.5. The van der Waals surface area contributed by atoms with Gasteiger partial charge in [-0.3, -0.25) is 9.48 Å². The molecule has 4 nitrogen and oxygen atoms in total. The van der Waals surface area contributed by atoms with E-state index in [0.29, 0.717) is 12.0 Å². The van der Waals surface area contributed by atoms with E-state index in [9.17, 15) is 22.4 Å². The predicted octanol–water partition coefficient (Wildman–Crippen LogP) is 4.22. The van der Waals surface area contributed by atoms with Gasteiger partial charge in [0.25, 0.3) is 0 Å². The van der Waals surface area contributed by atoms with Crippen LogP contribution < -0.4 is 5.32 Å². The topological polar surface area (TPSA) is 46.9 Å². The van der Waals surface area contributed by atoms with Crippen molar-refractivity contribution in [2.75, 3.05) is 6.54 Å². The zero-order chi connectivity index (χ0) is 19.3. The van der Waals surface area contributed by atoms with Gasteiger partial charge in [0.05, 0.1) is 10.7 Å². The Bertz CT molecular complexity index is 798. The van der Waals surface area contributed by atoms with E-state index in [1.165, 1.54) is 48.0 Å². The van der Waals surface area contributed by atoms with Crippen LogP contribution in [0.2, 0.25) is 5.02 Å². The largest absolute Gasteiger partial charge is 0.436 e. The van der Waals surface area contributed by atoms with Crippen molar-refractivity contribution in [2.24, 2.45) is 0 Å². The van der Waals surface area contributed by atoms with E-state index in [4.69, 9.17) is 11.6 Å². The molecule has 2 aromatic rings. The number of hydrogen-bond acceptors (Lipinski definition) is 2. The van der Waals surface area contributed by atoms with Crippen LogP contribution in [-0.2, 0) is 17.5 Å². The van der Waals surface area contributed by atoms with Gasteiger partial charge in [-0.15, -0.1) is 0 Å². The van der Waals surface area contributed by atoms with Gasteiger partial charge in [0.15, 0.2) is 5.69 Å². The Morgan fingerprint density at radius 1 is 1.31 bits per heavy atom. The van der Waals surface area contributed by atoms with Crippen molar-refractivity contribution in [3.63, 3.8) is 0 Å². The normalized spacial score (nSPS) is 11.9. The number of alkyl halides is 3. The van der Waals surface area contributed by atoms with E-state index in [1.807, 2.05) is 0 Å². The summed E-state index contributed by atoms with van der Waals surface area (Å²) in [6, 6.07) is 5.62. The van der Waals surface area contributed by atoms with Gasteiger partial charge in [-0.05, 0) is 37.1 Å². The molecule has 1 amide bonds. The molecule has 0 saturated heterocycles. The molecule has 0 radical (unpaired) electrons. The van der Waals surface area contributed by atoms with Crippen LogP contribution >= 0.6 is 11.6 Å².